The van der Waals surface area contributed by atoms with E-state index in [1.165, 1.54) is 11.3 Å². The normalized spacial score (nSPS) is 10.5. The van der Waals surface area contributed by atoms with Crippen LogP contribution in [-0.2, 0) is 6.54 Å². The third kappa shape index (κ3) is 3.67. The number of thiophene rings is 1. The van der Waals surface area contributed by atoms with E-state index in [0.717, 1.165) is 10.4 Å². The number of rotatable bonds is 4. The van der Waals surface area contributed by atoms with E-state index in [0.29, 0.717) is 22.1 Å². The van der Waals surface area contributed by atoms with Gasteiger partial charge in [-0.3, -0.25) is 4.79 Å². The number of hydrogen-bond donors (Lipinski definition) is 2. The molecular formula is C16H13ClN4OS. The molecule has 0 aliphatic rings. The number of carbonyl (C=O) groups excluding carboxylic acids is 1. The van der Waals surface area contributed by atoms with Crippen LogP contribution in [0.25, 0.3) is 10.6 Å². The van der Waals surface area contributed by atoms with Gasteiger partial charge in [0.25, 0.3) is 5.91 Å². The quantitative estimate of drug-likeness (QED) is 0.760. The largest absolute Gasteiger partial charge is 0.368 e. The third-order valence-electron chi connectivity index (χ3n) is 3.15. The van der Waals surface area contributed by atoms with Gasteiger partial charge >= 0.3 is 0 Å². The summed E-state index contributed by atoms with van der Waals surface area (Å²) in [4.78, 5) is 21.7. The van der Waals surface area contributed by atoms with E-state index < -0.39 is 0 Å². The first-order valence-electron chi connectivity index (χ1n) is 6.84. The highest BCUT2D eigenvalue weighted by Gasteiger charge is 2.11. The van der Waals surface area contributed by atoms with Crippen molar-refractivity contribution >= 4 is 34.8 Å². The molecule has 7 heteroatoms. The number of amides is 1. The van der Waals surface area contributed by atoms with Gasteiger partial charge in [0.2, 0.25) is 5.95 Å². The second-order valence-corrected chi connectivity index (χ2v) is 6.23. The Morgan fingerprint density at radius 1 is 1.22 bits per heavy atom. The van der Waals surface area contributed by atoms with E-state index in [9.17, 15) is 4.79 Å². The maximum Gasteiger partial charge on any atom is 0.261 e. The summed E-state index contributed by atoms with van der Waals surface area (Å²) in [5, 5.41) is 3.50. The molecule has 23 heavy (non-hydrogen) atoms. The van der Waals surface area contributed by atoms with Gasteiger partial charge in [-0.05, 0) is 29.8 Å². The Hall–Kier alpha value is -2.44. The first kappa shape index (κ1) is 15.5. The Labute approximate surface area is 142 Å². The second kappa shape index (κ2) is 6.76. The Morgan fingerprint density at radius 2 is 2.04 bits per heavy atom. The van der Waals surface area contributed by atoms with Crippen molar-refractivity contribution in [2.45, 2.75) is 6.54 Å². The van der Waals surface area contributed by atoms with Gasteiger partial charge in [0, 0.05) is 17.8 Å². The van der Waals surface area contributed by atoms with Crippen molar-refractivity contribution in [3.8, 4) is 10.6 Å². The average Bonchev–Trinajstić information content (AvgIpc) is 3.04. The van der Waals surface area contributed by atoms with E-state index >= 15 is 0 Å². The van der Waals surface area contributed by atoms with Gasteiger partial charge < -0.3 is 11.1 Å². The fourth-order valence-electron chi connectivity index (χ4n) is 2.01. The van der Waals surface area contributed by atoms with Crippen LogP contribution in [0.5, 0.6) is 0 Å². The first-order valence-corrected chi connectivity index (χ1v) is 8.03. The maximum atomic E-state index is 12.2. The van der Waals surface area contributed by atoms with Gasteiger partial charge in [0.1, 0.15) is 0 Å². The summed E-state index contributed by atoms with van der Waals surface area (Å²) in [7, 11) is 0. The molecule has 5 nitrogen and oxygen atoms in total. The number of hydrogen-bond acceptors (Lipinski definition) is 5. The van der Waals surface area contributed by atoms with Crippen molar-refractivity contribution in [1.82, 2.24) is 15.3 Å². The summed E-state index contributed by atoms with van der Waals surface area (Å²) in [6.07, 6.45) is 1.59. The van der Waals surface area contributed by atoms with E-state index in [1.54, 1.807) is 24.4 Å². The van der Waals surface area contributed by atoms with Crippen molar-refractivity contribution in [2.75, 3.05) is 5.73 Å². The van der Waals surface area contributed by atoms with Gasteiger partial charge in [-0.2, -0.15) is 0 Å². The third-order valence-corrected chi connectivity index (χ3v) is 4.63. The lowest BCUT2D eigenvalue weighted by Crippen LogP contribution is -2.21. The van der Waals surface area contributed by atoms with Crippen molar-refractivity contribution in [3.05, 3.63) is 64.1 Å². The highest BCUT2D eigenvalue weighted by Crippen LogP contribution is 2.26. The molecule has 0 saturated carbocycles. The fraction of sp³-hybridized carbons (Fsp3) is 0.0625. The zero-order chi connectivity index (χ0) is 16.2. The summed E-state index contributed by atoms with van der Waals surface area (Å²) in [6.45, 7) is 0.381. The molecule has 3 rings (SSSR count). The van der Waals surface area contributed by atoms with Gasteiger partial charge in [0.05, 0.1) is 15.4 Å². The molecule has 0 spiro atoms. The minimum absolute atomic E-state index is 0.150. The SMILES string of the molecule is Nc1nccc(-c2ccc(C(=O)NCc3ccccc3Cl)s2)n1. The predicted octanol–water partition coefficient (Wildman–Crippen LogP) is 3.37. The number of benzene rings is 1. The molecule has 3 N–H and O–H groups in total. The molecule has 1 aromatic carbocycles. The standard InChI is InChI=1S/C16H13ClN4OS/c17-11-4-2-1-3-10(11)9-20-15(22)14-6-5-13(23-14)12-7-8-19-16(18)21-12/h1-8H,9H2,(H,20,22)(H2,18,19,21). The molecule has 0 saturated heterocycles. The zero-order valence-corrected chi connectivity index (χ0v) is 13.6. The van der Waals surface area contributed by atoms with Crippen molar-refractivity contribution in [1.29, 1.82) is 0 Å². The Balaban J connectivity index is 1.70. The Bertz CT molecular complexity index is 849. The Kier molecular flexibility index (Phi) is 4.55. The number of nitrogens with one attached hydrogen (secondary N) is 1. The topological polar surface area (TPSA) is 80.9 Å². The zero-order valence-electron chi connectivity index (χ0n) is 12.0. The molecule has 0 aliphatic heterocycles. The maximum absolute atomic E-state index is 12.2. The van der Waals surface area contributed by atoms with Gasteiger partial charge in [-0.15, -0.1) is 11.3 Å². The number of anilines is 1. The fourth-order valence-corrected chi connectivity index (χ4v) is 3.11. The number of halogens is 1. The van der Waals surface area contributed by atoms with E-state index in [1.807, 2.05) is 24.3 Å². The van der Waals surface area contributed by atoms with Crippen LogP contribution in [0.2, 0.25) is 5.02 Å². The van der Waals surface area contributed by atoms with E-state index in [4.69, 9.17) is 17.3 Å². The van der Waals surface area contributed by atoms with Crippen LogP contribution in [0.4, 0.5) is 5.95 Å². The summed E-state index contributed by atoms with van der Waals surface area (Å²) in [5.41, 5.74) is 7.16. The molecule has 0 bridgehead atoms. The molecule has 0 fully saturated rings. The molecule has 0 radical (unpaired) electrons. The molecule has 0 aliphatic carbocycles. The smallest absolute Gasteiger partial charge is 0.261 e. The van der Waals surface area contributed by atoms with Crippen LogP contribution in [0.3, 0.4) is 0 Å². The number of nitrogens with zero attached hydrogens (tertiary/aromatic N) is 2. The average molecular weight is 345 g/mol. The first-order chi connectivity index (χ1) is 11.1. The molecule has 2 aromatic heterocycles. The van der Waals surface area contributed by atoms with Gasteiger partial charge in [-0.25, -0.2) is 9.97 Å². The van der Waals surface area contributed by atoms with Crippen molar-refractivity contribution < 1.29 is 4.79 Å². The van der Waals surface area contributed by atoms with Crippen LogP contribution >= 0.6 is 22.9 Å². The molecule has 1 amide bonds. The summed E-state index contributed by atoms with van der Waals surface area (Å²) < 4.78 is 0. The van der Waals surface area contributed by atoms with Crippen LogP contribution in [0, 0.1) is 0 Å². The van der Waals surface area contributed by atoms with E-state index in [-0.39, 0.29) is 11.9 Å². The molecule has 0 atom stereocenters. The minimum Gasteiger partial charge on any atom is -0.368 e. The predicted molar refractivity (Wildman–Crippen MR) is 92.4 cm³/mol. The molecule has 3 aromatic rings. The summed E-state index contributed by atoms with van der Waals surface area (Å²) >= 11 is 7.43. The molecule has 116 valence electrons. The minimum atomic E-state index is -0.150. The van der Waals surface area contributed by atoms with Crippen LogP contribution in [0.1, 0.15) is 15.2 Å². The van der Waals surface area contributed by atoms with Crippen LogP contribution < -0.4 is 11.1 Å². The summed E-state index contributed by atoms with van der Waals surface area (Å²) in [5.74, 6) is 0.0591. The molecular weight excluding hydrogens is 332 g/mol. The lowest BCUT2D eigenvalue weighted by Gasteiger charge is -2.05. The Morgan fingerprint density at radius 3 is 2.83 bits per heavy atom. The summed E-state index contributed by atoms with van der Waals surface area (Å²) in [6, 6.07) is 12.8. The monoisotopic (exact) mass is 344 g/mol. The lowest BCUT2D eigenvalue weighted by molar-refractivity contribution is 0.0955. The number of aromatic nitrogens is 2. The van der Waals surface area contributed by atoms with Gasteiger partial charge in [0.15, 0.2) is 0 Å². The number of nitrogens with two attached hydrogens (primary N) is 1. The van der Waals surface area contributed by atoms with Gasteiger partial charge in [-0.1, -0.05) is 29.8 Å². The van der Waals surface area contributed by atoms with Crippen molar-refractivity contribution in [3.63, 3.8) is 0 Å². The van der Waals surface area contributed by atoms with Crippen LogP contribution in [-0.4, -0.2) is 15.9 Å². The van der Waals surface area contributed by atoms with E-state index in [2.05, 4.69) is 15.3 Å². The molecule has 2 heterocycles. The number of carbonyl (C=O) groups is 1. The second-order valence-electron chi connectivity index (χ2n) is 4.74. The highest BCUT2D eigenvalue weighted by atomic mass is 35.5. The lowest BCUT2D eigenvalue weighted by atomic mass is 10.2. The van der Waals surface area contributed by atoms with Crippen LogP contribution in [0.15, 0.2) is 48.7 Å². The van der Waals surface area contributed by atoms with Crippen molar-refractivity contribution in [2.24, 2.45) is 0 Å². The number of nitrogen functional groups attached to an aromatic ring is 1. The highest BCUT2D eigenvalue weighted by molar-refractivity contribution is 7.17. The molecule has 0 unspecified atom stereocenters.